The van der Waals surface area contributed by atoms with Crippen molar-refractivity contribution in [3.8, 4) is 0 Å². The summed E-state index contributed by atoms with van der Waals surface area (Å²) in [6.45, 7) is 9.59. The van der Waals surface area contributed by atoms with Crippen LogP contribution >= 0.6 is 0 Å². The Kier molecular flexibility index (Phi) is 12.0. The zero-order chi connectivity index (χ0) is 23.0. The van der Waals surface area contributed by atoms with Gasteiger partial charge in [-0.2, -0.15) is 0 Å². The van der Waals surface area contributed by atoms with Gasteiger partial charge in [0.1, 0.15) is 6.61 Å². The van der Waals surface area contributed by atoms with E-state index < -0.39 is 0 Å². The summed E-state index contributed by atoms with van der Waals surface area (Å²) in [5.74, 6) is -0.151. The van der Waals surface area contributed by atoms with E-state index in [0.29, 0.717) is 13.2 Å². The summed E-state index contributed by atoms with van der Waals surface area (Å²) in [4.78, 5) is 17.1. The Morgan fingerprint density at radius 3 is 1.97 bits per heavy atom. The number of nitrogens with zero attached hydrogens (tertiary/aromatic N) is 2. The van der Waals surface area contributed by atoms with Gasteiger partial charge in [-0.15, -0.1) is 0 Å². The standard InChI is InChI=1S/C27H40N4O2/c32-27(33-24-26-11-5-2-6-12-26)23-31-19-8-15-28-16-21-30(18-7-14-29-17-22-31)20-13-25-9-3-1-4-10-25/h1-6,9-12,28-29H,7-8,13-24H2. The van der Waals surface area contributed by atoms with Crippen LogP contribution in [0.25, 0.3) is 0 Å². The van der Waals surface area contributed by atoms with Crippen LogP contribution in [0, 0.1) is 0 Å². The van der Waals surface area contributed by atoms with Crippen LogP contribution in [-0.4, -0.2) is 81.2 Å². The summed E-state index contributed by atoms with van der Waals surface area (Å²) in [6.07, 6.45) is 3.26. The lowest BCUT2D eigenvalue weighted by Gasteiger charge is -2.25. The first-order valence-electron chi connectivity index (χ1n) is 12.4. The van der Waals surface area contributed by atoms with E-state index >= 15 is 0 Å². The third-order valence-corrected chi connectivity index (χ3v) is 6.02. The van der Waals surface area contributed by atoms with Gasteiger partial charge in [0.15, 0.2) is 0 Å². The van der Waals surface area contributed by atoms with Gasteiger partial charge in [-0.05, 0) is 56.6 Å². The number of ether oxygens (including phenoxy) is 1. The molecule has 0 unspecified atom stereocenters. The summed E-state index contributed by atoms with van der Waals surface area (Å²) in [6, 6.07) is 20.6. The fourth-order valence-corrected chi connectivity index (χ4v) is 4.08. The van der Waals surface area contributed by atoms with E-state index in [1.54, 1.807) is 0 Å². The zero-order valence-electron chi connectivity index (χ0n) is 19.9. The van der Waals surface area contributed by atoms with E-state index in [4.69, 9.17) is 4.74 Å². The van der Waals surface area contributed by atoms with Crippen LogP contribution in [-0.2, 0) is 22.6 Å². The van der Waals surface area contributed by atoms with Crippen LogP contribution in [0.2, 0.25) is 0 Å². The van der Waals surface area contributed by atoms with Gasteiger partial charge in [0.25, 0.3) is 0 Å². The SMILES string of the molecule is O=C(CN1CCCNCCN(CCc2ccccc2)CCCNCC1)OCc1ccccc1. The Morgan fingerprint density at radius 2 is 1.30 bits per heavy atom. The van der Waals surface area contributed by atoms with Gasteiger partial charge >= 0.3 is 5.97 Å². The molecule has 2 aromatic carbocycles. The van der Waals surface area contributed by atoms with E-state index in [1.807, 2.05) is 30.3 Å². The Balaban J connectivity index is 1.37. The summed E-state index contributed by atoms with van der Waals surface area (Å²) in [5, 5.41) is 7.15. The summed E-state index contributed by atoms with van der Waals surface area (Å²) in [7, 11) is 0. The first-order chi connectivity index (χ1) is 16.3. The van der Waals surface area contributed by atoms with Crippen LogP contribution in [0.5, 0.6) is 0 Å². The molecule has 0 amide bonds. The normalized spacial score (nSPS) is 17.8. The maximum atomic E-state index is 12.4. The Bertz CT molecular complexity index is 756. The average Bonchev–Trinajstić information content (AvgIpc) is 2.85. The molecule has 1 aliphatic heterocycles. The highest BCUT2D eigenvalue weighted by molar-refractivity contribution is 5.71. The van der Waals surface area contributed by atoms with E-state index in [0.717, 1.165) is 83.7 Å². The molecule has 0 aliphatic carbocycles. The fraction of sp³-hybridized carbons (Fsp3) is 0.519. The molecule has 0 atom stereocenters. The topological polar surface area (TPSA) is 56.8 Å². The molecule has 2 N–H and O–H groups in total. The van der Waals surface area contributed by atoms with E-state index in [-0.39, 0.29) is 5.97 Å². The molecule has 1 fully saturated rings. The van der Waals surface area contributed by atoms with Crippen molar-refractivity contribution in [2.75, 3.05) is 65.4 Å². The molecule has 6 heteroatoms. The highest BCUT2D eigenvalue weighted by Gasteiger charge is 2.13. The second kappa shape index (κ2) is 15.6. The quantitative estimate of drug-likeness (QED) is 0.630. The number of nitrogens with one attached hydrogen (secondary N) is 2. The monoisotopic (exact) mass is 452 g/mol. The van der Waals surface area contributed by atoms with Crippen molar-refractivity contribution in [2.24, 2.45) is 0 Å². The van der Waals surface area contributed by atoms with Crippen molar-refractivity contribution in [2.45, 2.75) is 25.9 Å². The largest absolute Gasteiger partial charge is 0.460 e. The molecule has 1 heterocycles. The molecule has 3 rings (SSSR count). The number of hydrogen-bond acceptors (Lipinski definition) is 6. The highest BCUT2D eigenvalue weighted by atomic mass is 16.5. The molecule has 6 nitrogen and oxygen atoms in total. The Labute approximate surface area is 199 Å². The molecule has 0 bridgehead atoms. The predicted molar refractivity (Wildman–Crippen MR) is 134 cm³/mol. The molecule has 0 saturated carbocycles. The minimum atomic E-state index is -0.151. The van der Waals surface area contributed by atoms with Crippen LogP contribution in [0.15, 0.2) is 60.7 Å². The maximum absolute atomic E-state index is 12.4. The molecule has 0 radical (unpaired) electrons. The van der Waals surface area contributed by atoms with Gasteiger partial charge in [0.2, 0.25) is 0 Å². The summed E-state index contributed by atoms with van der Waals surface area (Å²) < 4.78 is 5.48. The third kappa shape index (κ3) is 10.9. The first kappa shape index (κ1) is 25.4. The highest BCUT2D eigenvalue weighted by Crippen LogP contribution is 2.03. The van der Waals surface area contributed by atoms with E-state index in [2.05, 4.69) is 50.8 Å². The van der Waals surface area contributed by atoms with Crippen molar-refractivity contribution in [3.05, 3.63) is 71.8 Å². The molecular weight excluding hydrogens is 412 g/mol. The predicted octanol–water partition coefficient (Wildman–Crippen LogP) is 2.55. The van der Waals surface area contributed by atoms with Crippen molar-refractivity contribution in [3.63, 3.8) is 0 Å². The number of hydrogen-bond donors (Lipinski definition) is 2. The van der Waals surface area contributed by atoms with Crippen LogP contribution in [0.1, 0.15) is 24.0 Å². The maximum Gasteiger partial charge on any atom is 0.320 e. The van der Waals surface area contributed by atoms with Crippen molar-refractivity contribution in [1.82, 2.24) is 20.4 Å². The third-order valence-electron chi connectivity index (χ3n) is 6.02. The van der Waals surface area contributed by atoms with Crippen LogP contribution < -0.4 is 10.6 Å². The van der Waals surface area contributed by atoms with Gasteiger partial charge in [-0.3, -0.25) is 9.69 Å². The molecule has 0 aromatic heterocycles. The molecule has 0 spiro atoms. The first-order valence-corrected chi connectivity index (χ1v) is 12.4. The van der Waals surface area contributed by atoms with Crippen molar-refractivity contribution >= 4 is 5.97 Å². The molecular formula is C27H40N4O2. The summed E-state index contributed by atoms with van der Waals surface area (Å²) in [5.41, 5.74) is 2.43. The molecule has 1 aliphatic rings. The van der Waals surface area contributed by atoms with Gasteiger partial charge in [0.05, 0.1) is 6.54 Å². The molecule has 180 valence electrons. The molecule has 2 aromatic rings. The molecule has 33 heavy (non-hydrogen) atoms. The smallest absolute Gasteiger partial charge is 0.320 e. The van der Waals surface area contributed by atoms with Gasteiger partial charge in [-0.25, -0.2) is 0 Å². The zero-order valence-corrected chi connectivity index (χ0v) is 19.9. The molecule has 1 saturated heterocycles. The minimum absolute atomic E-state index is 0.151. The fourth-order valence-electron chi connectivity index (χ4n) is 4.08. The summed E-state index contributed by atoms with van der Waals surface area (Å²) >= 11 is 0. The van der Waals surface area contributed by atoms with Crippen LogP contribution in [0.3, 0.4) is 0 Å². The lowest BCUT2D eigenvalue weighted by molar-refractivity contribution is -0.146. The van der Waals surface area contributed by atoms with Crippen LogP contribution in [0.4, 0.5) is 0 Å². The van der Waals surface area contributed by atoms with E-state index in [9.17, 15) is 4.79 Å². The number of benzene rings is 2. The van der Waals surface area contributed by atoms with Gasteiger partial charge in [-0.1, -0.05) is 60.7 Å². The Morgan fingerprint density at radius 1 is 0.727 bits per heavy atom. The Hall–Kier alpha value is -2.25. The minimum Gasteiger partial charge on any atom is -0.460 e. The number of carbonyl (C=O) groups is 1. The van der Waals surface area contributed by atoms with Gasteiger partial charge in [0, 0.05) is 32.7 Å². The second-order valence-electron chi connectivity index (χ2n) is 8.71. The number of rotatable bonds is 7. The average molecular weight is 453 g/mol. The second-order valence-corrected chi connectivity index (χ2v) is 8.71. The van der Waals surface area contributed by atoms with Crippen molar-refractivity contribution < 1.29 is 9.53 Å². The number of carbonyl (C=O) groups excluding carboxylic acids is 1. The van der Waals surface area contributed by atoms with E-state index in [1.165, 1.54) is 5.56 Å². The van der Waals surface area contributed by atoms with Gasteiger partial charge < -0.3 is 20.3 Å². The number of esters is 1. The van der Waals surface area contributed by atoms with Crippen molar-refractivity contribution in [1.29, 1.82) is 0 Å². The lowest BCUT2D eigenvalue weighted by atomic mass is 10.1. The lowest BCUT2D eigenvalue weighted by Crippen LogP contribution is -2.40.